The number of methoxy groups -OCH3 is 1. The summed E-state index contributed by atoms with van der Waals surface area (Å²) in [6, 6.07) is 15.5. The molecule has 0 N–H and O–H groups in total. The van der Waals surface area contributed by atoms with E-state index in [9.17, 15) is 4.79 Å². The number of ether oxygens (including phenoxy) is 1. The van der Waals surface area contributed by atoms with Gasteiger partial charge in [-0.05, 0) is 42.0 Å². The normalized spacial score (nSPS) is 14.8. The van der Waals surface area contributed by atoms with Crippen molar-refractivity contribution in [3.8, 4) is 11.8 Å². The Balaban J connectivity index is 1.53. The van der Waals surface area contributed by atoms with E-state index in [0.29, 0.717) is 18.7 Å². The third-order valence-electron chi connectivity index (χ3n) is 4.77. The predicted octanol–water partition coefficient (Wildman–Crippen LogP) is 3.69. The van der Waals surface area contributed by atoms with Crippen molar-refractivity contribution in [1.29, 1.82) is 5.26 Å². The topological polar surface area (TPSA) is 56.6 Å². The van der Waals surface area contributed by atoms with Crippen LogP contribution in [0.25, 0.3) is 6.08 Å². The number of piperazine rings is 1. The number of halogens is 1. The standard InChI is InChI=1S/C22H22BrN3O2/c1-28-21-8-7-20(23)14-19(21)6-9-22(27)26-12-10-25(11-13-26)16-18-4-2-17(15-24)3-5-18/h2-9,14H,10-13,16H2,1H3. The fourth-order valence-electron chi connectivity index (χ4n) is 3.17. The fourth-order valence-corrected chi connectivity index (χ4v) is 3.55. The summed E-state index contributed by atoms with van der Waals surface area (Å²) in [5.74, 6) is 0.750. The maximum Gasteiger partial charge on any atom is 0.246 e. The third kappa shape index (κ3) is 5.22. The second-order valence-electron chi connectivity index (χ2n) is 6.63. The number of amides is 1. The number of carbonyl (C=O) groups excluding carboxylic acids is 1. The molecule has 0 aromatic heterocycles. The van der Waals surface area contributed by atoms with Crippen LogP contribution in [0.4, 0.5) is 0 Å². The summed E-state index contributed by atoms with van der Waals surface area (Å²) in [6.07, 6.45) is 3.41. The molecule has 0 atom stereocenters. The van der Waals surface area contributed by atoms with Crippen molar-refractivity contribution >= 4 is 27.9 Å². The van der Waals surface area contributed by atoms with Gasteiger partial charge < -0.3 is 9.64 Å². The first-order valence-electron chi connectivity index (χ1n) is 9.11. The number of hydrogen-bond acceptors (Lipinski definition) is 4. The van der Waals surface area contributed by atoms with E-state index < -0.39 is 0 Å². The molecule has 6 heteroatoms. The molecular formula is C22H22BrN3O2. The minimum atomic E-state index is 0.0139. The molecule has 1 aliphatic heterocycles. The van der Waals surface area contributed by atoms with Crippen molar-refractivity contribution in [2.45, 2.75) is 6.54 Å². The average molecular weight is 440 g/mol. The highest BCUT2D eigenvalue weighted by atomic mass is 79.9. The summed E-state index contributed by atoms with van der Waals surface area (Å²) in [7, 11) is 1.62. The van der Waals surface area contributed by atoms with Crippen molar-refractivity contribution in [2.75, 3.05) is 33.3 Å². The SMILES string of the molecule is COc1ccc(Br)cc1C=CC(=O)N1CCN(Cc2ccc(C#N)cc2)CC1. The van der Waals surface area contributed by atoms with Crippen molar-refractivity contribution in [2.24, 2.45) is 0 Å². The van der Waals surface area contributed by atoms with Gasteiger partial charge in [0.25, 0.3) is 0 Å². The lowest BCUT2D eigenvalue weighted by Gasteiger charge is -2.34. The first-order chi connectivity index (χ1) is 13.6. The summed E-state index contributed by atoms with van der Waals surface area (Å²) in [4.78, 5) is 16.7. The van der Waals surface area contributed by atoms with Gasteiger partial charge in [0.05, 0.1) is 18.7 Å². The Morgan fingerprint density at radius 3 is 2.54 bits per heavy atom. The lowest BCUT2D eigenvalue weighted by atomic mass is 10.1. The molecule has 28 heavy (non-hydrogen) atoms. The first kappa shape index (κ1) is 20.1. The van der Waals surface area contributed by atoms with Crippen LogP contribution in [0.2, 0.25) is 0 Å². The molecule has 5 nitrogen and oxygen atoms in total. The zero-order valence-electron chi connectivity index (χ0n) is 15.8. The lowest BCUT2D eigenvalue weighted by molar-refractivity contribution is -0.127. The van der Waals surface area contributed by atoms with Crippen LogP contribution in [0.1, 0.15) is 16.7 Å². The van der Waals surface area contributed by atoms with Crippen LogP contribution in [0.5, 0.6) is 5.75 Å². The Labute approximate surface area is 173 Å². The number of carbonyl (C=O) groups is 1. The molecule has 2 aromatic carbocycles. The maximum atomic E-state index is 12.5. The van der Waals surface area contributed by atoms with Crippen LogP contribution in [-0.4, -0.2) is 49.0 Å². The quantitative estimate of drug-likeness (QED) is 0.666. The molecule has 2 aromatic rings. The van der Waals surface area contributed by atoms with Crippen molar-refractivity contribution < 1.29 is 9.53 Å². The van der Waals surface area contributed by atoms with Gasteiger partial charge in [-0.2, -0.15) is 5.26 Å². The van der Waals surface area contributed by atoms with Gasteiger partial charge in [0.2, 0.25) is 5.91 Å². The summed E-state index contributed by atoms with van der Waals surface area (Å²) < 4.78 is 6.28. The van der Waals surface area contributed by atoms with Gasteiger partial charge in [0, 0.05) is 48.8 Å². The molecule has 1 amide bonds. The predicted molar refractivity (Wildman–Crippen MR) is 113 cm³/mol. The van der Waals surface area contributed by atoms with Crippen LogP contribution < -0.4 is 4.74 Å². The van der Waals surface area contributed by atoms with Gasteiger partial charge in [-0.3, -0.25) is 9.69 Å². The Morgan fingerprint density at radius 1 is 1.18 bits per heavy atom. The van der Waals surface area contributed by atoms with Crippen LogP contribution in [0.15, 0.2) is 53.0 Å². The second kappa shape index (κ2) is 9.54. The van der Waals surface area contributed by atoms with E-state index in [2.05, 4.69) is 26.9 Å². The number of nitrogens with zero attached hydrogens (tertiary/aromatic N) is 3. The average Bonchev–Trinajstić information content (AvgIpc) is 2.73. The van der Waals surface area contributed by atoms with Crippen LogP contribution in [0.3, 0.4) is 0 Å². The molecule has 1 saturated heterocycles. The highest BCUT2D eigenvalue weighted by Gasteiger charge is 2.19. The van der Waals surface area contributed by atoms with Gasteiger partial charge in [-0.15, -0.1) is 0 Å². The molecule has 0 unspecified atom stereocenters. The summed E-state index contributed by atoms with van der Waals surface area (Å²) >= 11 is 3.44. The number of hydrogen-bond donors (Lipinski definition) is 0. The second-order valence-corrected chi connectivity index (χ2v) is 7.55. The molecule has 1 aliphatic rings. The minimum absolute atomic E-state index is 0.0139. The van der Waals surface area contributed by atoms with Gasteiger partial charge >= 0.3 is 0 Å². The minimum Gasteiger partial charge on any atom is -0.496 e. The molecule has 0 saturated carbocycles. The molecule has 0 bridgehead atoms. The smallest absolute Gasteiger partial charge is 0.246 e. The van der Waals surface area contributed by atoms with Crippen LogP contribution in [0, 0.1) is 11.3 Å². The number of benzene rings is 2. The summed E-state index contributed by atoms with van der Waals surface area (Å²) in [5, 5.41) is 8.88. The Kier molecular flexibility index (Phi) is 6.85. The molecule has 0 radical (unpaired) electrons. The Morgan fingerprint density at radius 2 is 1.89 bits per heavy atom. The summed E-state index contributed by atoms with van der Waals surface area (Å²) in [6.45, 7) is 3.91. The number of rotatable bonds is 5. The van der Waals surface area contributed by atoms with Crippen LogP contribution >= 0.6 is 15.9 Å². The Hall–Kier alpha value is -2.62. The monoisotopic (exact) mass is 439 g/mol. The van der Waals surface area contributed by atoms with Crippen LogP contribution in [-0.2, 0) is 11.3 Å². The molecule has 1 heterocycles. The van der Waals surface area contributed by atoms with E-state index in [0.717, 1.165) is 35.4 Å². The molecule has 1 fully saturated rings. The van der Waals surface area contributed by atoms with Crippen molar-refractivity contribution in [1.82, 2.24) is 9.80 Å². The maximum absolute atomic E-state index is 12.5. The number of nitriles is 1. The first-order valence-corrected chi connectivity index (χ1v) is 9.90. The molecule has 0 spiro atoms. The van der Waals surface area contributed by atoms with Gasteiger partial charge in [0.1, 0.15) is 5.75 Å². The lowest BCUT2D eigenvalue weighted by Crippen LogP contribution is -2.47. The van der Waals surface area contributed by atoms with E-state index in [4.69, 9.17) is 10.00 Å². The highest BCUT2D eigenvalue weighted by Crippen LogP contribution is 2.24. The van der Waals surface area contributed by atoms with Gasteiger partial charge in [-0.25, -0.2) is 0 Å². The van der Waals surface area contributed by atoms with E-state index in [1.165, 1.54) is 5.56 Å². The highest BCUT2D eigenvalue weighted by molar-refractivity contribution is 9.10. The van der Waals surface area contributed by atoms with E-state index >= 15 is 0 Å². The van der Waals surface area contributed by atoms with Crippen molar-refractivity contribution in [3.05, 3.63) is 69.7 Å². The zero-order chi connectivity index (χ0) is 19.9. The molecule has 3 rings (SSSR count). The Bertz CT molecular complexity index is 895. The van der Waals surface area contributed by atoms with Gasteiger partial charge in [-0.1, -0.05) is 28.1 Å². The van der Waals surface area contributed by atoms with E-state index in [1.54, 1.807) is 19.3 Å². The molecular weight excluding hydrogens is 418 g/mol. The molecule has 144 valence electrons. The zero-order valence-corrected chi connectivity index (χ0v) is 17.4. The van der Waals surface area contributed by atoms with Gasteiger partial charge in [0.15, 0.2) is 0 Å². The molecule has 0 aliphatic carbocycles. The summed E-state index contributed by atoms with van der Waals surface area (Å²) in [5.41, 5.74) is 2.72. The largest absolute Gasteiger partial charge is 0.496 e. The fraction of sp³-hybridized carbons (Fsp3) is 0.273. The third-order valence-corrected chi connectivity index (χ3v) is 5.26. The van der Waals surface area contributed by atoms with E-state index in [1.807, 2.05) is 47.4 Å². The van der Waals surface area contributed by atoms with E-state index in [-0.39, 0.29) is 5.91 Å². The van der Waals surface area contributed by atoms with Crippen molar-refractivity contribution in [3.63, 3.8) is 0 Å².